The molecule has 1 aliphatic heterocycles. The van der Waals surface area contributed by atoms with Crippen LogP contribution in [0.1, 0.15) is 37.9 Å². The van der Waals surface area contributed by atoms with Gasteiger partial charge < -0.3 is 9.88 Å². The first-order chi connectivity index (χ1) is 12.5. The second kappa shape index (κ2) is 5.30. The highest BCUT2D eigenvalue weighted by Gasteiger charge is 2.24. The molecule has 1 aliphatic rings. The topological polar surface area (TPSA) is 62.1 Å². The quantitative estimate of drug-likeness (QED) is 0.573. The lowest BCUT2D eigenvalue weighted by atomic mass is 9.96. The standard InChI is InChI=1S/C20H22N6/c1-20(2,3)19-23-22-17-8-9-18(24-26(17)19)25-11-10-16-14(12-25)13-6-4-5-7-15(13)21-16/h4-9,21H,10-12H2,1-3H3. The zero-order valence-corrected chi connectivity index (χ0v) is 15.3. The third kappa shape index (κ3) is 2.29. The summed E-state index contributed by atoms with van der Waals surface area (Å²) in [5.41, 5.74) is 4.65. The molecule has 1 aromatic carbocycles. The van der Waals surface area contributed by atoms with Crippen LogP contribution in [0.5, 0.6) is 0 Å². The van der Waals surface area contributed by atoms with Gasteiger partial charge in [-0.2, -0.15) is 4.52 Å². The molecule has 0 amide bonds. The minimum Gasteiger partial charge on any atom is -0.358 e. The number of nitrogens with zero attached hydrogens (tertiary/aromatic N) is 5. The van der Waals surface area contributed by atoms with E-state index in [0.717, 1.165) is 36.8 Å². The van der Waals surface area contributed by atoms with Crippen molar-refractivity contribution >= 4 is 22.4 Å². The maximum Gasteiger partial charge on any atom is 0.178 e. The van der Waals surface area contributed by atoms with Crippen molar-refractivity contribution in [3.63, 3.8) is 0 Å². The number of nitrogens with one attached hydrogen (secondary N) is 1. The summed E-state index contributed by atoms with van der Waals surface area (Å²) in [6.45, 7) is 8.22. The first-order valence-electron chi connectivity index (χ1n) is 9.07. The normalized spacial score (nSPS) is 15.0. The molecule has 0 atom stereocenters. The average molecular weight is 346 g/mol. The second-order valence-electron chi connectivity index (χ2n) is 8.03. The van der Waals surface area contributed by atoms with Gasteiger partial charge in [0.05, 0.1) is 0 Å². The molecule has 0 radical (unpaired) electrons. The molecule has 0 fully saturated rings. The van der Waals surface area contributed by atoms with Gasteiger partial charge in [-0.3, -0.25) is 0 Å². The van der Waals surface area contributed by atoms with E-state index in [9.17, 15) is 0 Å². The smallest absolute Gasteiger partial charge is 0.178 e. The lowest BCUT2D eigenvalue weighted by Crippen LogP contribution is -2.31. The number of hydrogen-bond acceptors (Lipinski definition) is 4. The number of aromatic amines is 1. The lowest BCUT2D eigenvalue weighted by molar-refractivity contribution is 0.525. The molecule has 0 saturated heterocycles. The highest BCUT2D eigenvalue weighted by Crippen LogP contribution is 2.30. The molecular weight excluding hydrogens is 324 g/mol. The Hall–Kier alpha value is -2.89. The van der Waals surface area contributed by atoms with Crippen LogP contribution in [0.2, 0.25) is 0 Å². The molecule has 1 N–H and O–H groups in total. The lowest BCUT2D eigenvalue weighted by Gasteiger charge is -2.28. The van der Waals surface area contributed by atoms with Crippen LogP contribution >= 0.6 is 0 Å². The van der Waals surface area contributed by atoms with E-state index in [0.29, 0.717) is 0 Å². The molecule has 4 aromatic rings. The Morgan fingerprint density at radius 1 is 1.04 bits per heavy atom. The SMILES string of the molecule is CC(C)(C)c1nnc2ccc(N3CCc4[nH]c5ccccc5c4C3)nn12. The first kappa shape index (κ1) is 15.4. The number of aromatic nitrogens is 5. The number of para-hydroxylation sites is 1. The van der Waals surface area contributed by atoms with E-state index in [1.165, 1.54) is 22.2 Å². The molecule has 6 nitrogen and oxygen atoms in total. The second-order valence-corrected chi connectivity index (χ2v) is 8.03. The number of fused-ring (bicyclic) bond motifs is 4. The average Bonchev–Trinajstić information content (AvgIpc) is 3.21. The van der Waals surface area contributed by atoms with Gasteiger partial charge in [0.2, 0.25) is 0 Å². The molecular formula is C20H22N6. The van der Waals surface area contributed by atoms with Gasteiger partial charge in [-0.05, 0) is 18.2 Å². The van der Waals surface area contributed by atoms with Crippen molar-refractivity contribution in [3.05, 3.63) is 53.5 Å². The Kier molecular flexibility index (Phi) is 3.13. The van der Waals surface area contributed by atoms with Gasteiger partial charge in [0, 0.05) is 47.1 Å². The van der Waals surface area contributed by atoms with Gasteiger partial charge in [-0.1, -0.05) is 39.0 Å². The molecule has 3 aromatic heterocycles. The van der Waals surface area contributed by atoms with Crippen molar-refractivity contribution in [2.45, 2.75) is 39.2 Å². The van der Waals surface area contributed by atoms with Gasteiger partial charge in [0.1, 0.15) is 5.82 Å². The summed E-state index contributed by atoms with van der Waals surface area (Å²) in [5, 5.41) is 14.8. The van der Waals surface area contributed by atoms with E-state index in [1.807, 2.05) is 10.6 Å². The summed E-state index contributed by atoms with van der Waals surface area (Å²) in [6, 6.07) is 12.6. The van der Waals surface area contributed by atoms with Crippen LogP contribution in [0.15, 0.2) is 36.4 Å². The van der Waals surface area contributed by atoms with Crippen molar-refractivity contribution in [3.8, 4) is 0 Å². The molecule has 4 heterocycles. The Morgan fingerprint density at radius 2 is 1.88 bits per heavy atom. The van der Waals surface area contributed by atoms with Crippen LogP contribution in [-0.4, -0.2) is 31.3 Å². The van der Waals surface area contributed by atoms with Gasteiger partial charge in [0.15, 0.2) is 11.5 Å². The minimum atomic E-state index is -0.100. The molecule has 5 rings (SSSR count). The van der Waals surface area contributed by atoms with Crippen LogP contribution in [0.4, 0.5) is 5.82 Å². The molecule has 26 heavy (non-hydrogen) atoms. The van der Waals surface area contributed by atoms with E-state index in [1.54, 1.807) is 0 Å². The number of anilines is 1. The minimum absolute atomic E-state index is 0.100. The third-order valence-corrected chi connectivity index (χ3v) is 5.13. The fraction of sp³-hybridized carbons (Fsp3) is 0.350. The molecule has 0 aliphatic carbocycles. The largest absolute Gasteiger partial charge is 0.358 e. The summed E-state index contributed by atoms with van der Waals surface area (Å²) in [5.74, 6) is 1.86. The monoisotopic (exact) mass is 346 g/mol. The van der Waals surface area contributed by atoms with Crippen LogP contribution in [0.3, 0.4) is 0 Å². The Balaban J connectivity index is 1.56. The highest BCUT2D eigenvalue weighted by atomic mass is 15.4. The zero-order valence-electron chi connectivity index (χ0n) is 15.3. The summed E-state index contributed by atoms with van der Waals surface area (Å²) in [6.07, 6.45) is 0.998. The van der Waals surface area contributed by atoms with Crippen LogP contribution in [0, 0.1) is 0 Å². The highest BCUT2D eigenvalue weighted by molar-refractivity contribution is 5.85. The molecule has 0 saturated carbocycles. The summed E-state index contributed by atoms with van der Waals surface area (Å²) in [4.78, 5) is 5.91. The van der Waals surface area contributed by atoms with Crippen LogP contribution < -0.4 is 4.90 Å². The number of H-pyrrole nitrogens is 1. The van der Waals surface area contributed by atoms with Crippen molar-refractivity contribution in [1.82, 2.24) is 24.8 Å². The molecule has 0 unspecified atom stereocenters. The third-order valence-electron chi connectivity index (χ3n) is 5.13. The molecule has 0 bridgehead atoms. The van der Waals surface area contributed by atoms with E-state index < -0.39 is 0 Å². The van der Waals surface area contributed by atoms with Gasteiger partial charge in [-0.25, -0.2) is 0 Å². The van der Waals surface area contributed by atoms with E-state index in [4.69, 9.17) is 5.10 Å². The fourth-order valence-corrected chi connectivity index (χ4v) is 3.78. The summed E-state index contributed by atoms with van der Waals surface area (Å²) >= 11 is 0. The Labute approximate surface area is 151 Å². The molecule has 132 valence electrons. The van der Waals surface area contributed by atoms with E-state index in [2.05, 4.69) is 71.2 Å². The maximum atomic E-state index is 4.87. The predicted molar refractivity (Wildman–Crippen MR) is 103 cm³/mol. The van der Waals surface area contributed by atoms with Crippen LogP contribution in [0.25, 0.3) is 16.6 Å². The Bertz CT molecular complexity index is 1110. The number of rotatable bonds is 1. The Morgan fingerprint density at radius 3 is 2.73 bits per heavy atom. The number of benzene rings is 1. The van der Waals surface area contributed by atoms with Crippen LogP contribution in [-0.2, 0) is 18.4 Å². The fourth-order valence-electron chi connectivity index (χ4n) is 3.78. The predicted octanol–water partition coefficient (Wildman–Crippen LogP) is 3.47. The summed E-state index contributed by atoms with van der Waals surface area (Å²) < 4.78 is 1.89. The summed E-state index contributed by atoms with van der Waals surface area (Å²) in [7, 11) is 0. The first-order valence-corrected chi connectivity index (χ1v) is 9.07. The van der Waals surface area contributed by atoms with Crippen molar-refractivity contribution < 1.29 is 0 Å². The van der Waals surface area contributed by atoms with Crippen molar-refractivity contribution in [1.29, 1.82) is 0 Å². The number of hydrogen-bond donors (Lipinski definition) is 1. The van der Waals surface area contributed by atoms with E-state index >= 15 is 0 Å². The van der Waals surface area contributed by atoms with Gasteiger partial charge in [0.25, 0.3) is 0 Å². The maximum absolute atomic E-state index is 4.87. The van der Waals surface area contributed by atoms with Gasteiger partial charge >= 0.3 is 0 Å². The zero-order chi connectivity index (χ0) is 17.9. The van der Waals surface area contributed by atoms with Gasteiger partial charge in [-0.15, -0.1) is 15.3 Å². The molecule has 6 heteroatoms. The molecule has 0 spiro atoms. The van der Waals surface area contributed by atoms with E-state index in [-0.39, 0.29) is 5.41 Å². The van der Waals surface area contributed by atoms with Crippen molar-refractivity contribution in [2.24, 2.45) is 0 Å². The van der Waals surface area contributed by atoms with Crippen molar-refractivity contribution in [2.75, 3.05) is 11.4 Å².